The van der Waals surface area contributed by atoms with Gasteiger partial charge in [-0.3, -0.25) is 4.55 Å². The highest BCUT2D eigenvalue weighted by Gasteiger charge is 2.16. The van der Waals surface area contributed by atoms with Crippen LogP contribution < -0.4 is 0 Å². The third kappa shape index (κ3) is 2.03. The molecule has 0 aliphatic heterocycles. The molecule has 3 aromatic rings. The maximum Gasteiger partial charge on any atom is 0.295 e. The minimum absolute atomic E-state index is 0.0709. The number of H-pyrrole nitrogens is 1. The molecule has 5 heteroatoms. The molecule has 0 amide bonds. The molecule has 3 rings (SSSR count). The van der Waals surface area contributed by atoms with Crippen LogP contribution in [-0.4, -0.2) is 18.0 Å². The van der Waals surface area contributed by atoms with Gasteiger partial charge in [0.1, 0.15) is 4.90 Å². The van der Waals surface area contributed by atoms with Crippen LogP contribution in [0.1, 0.15) is 0 Å². The number of aromatic nitrogens is 1. The second-order valence-electron chi connectivity index (χ2n) is 4.22. The van der Waals surface area contributed by atoms with Gasteiger partial charge in [-0.25, -0.2) is 0 Å². The molecule has 2 aromatic carbocycles. The van der Waals surface area contributed by atoms with E-state index < -0.39 is 10.1 Å². The summed E-state index contributed by atoms with van der Waals surface area (Å²) in [6, 6.07) is 14.0. The lowest BCUT2D eigenvalue weighted by atomic mass is 10.0. The van der Waals surface area contributed by atoms with Crippen LogP contribution in [0.4, 0.5) is 0 Å². The van der Waals surface area contributed by atoms with E-state index in [0.717, 1.165) is 16.6 Å². The predicted molar refractivity (Wildman–Crippen MR) is 73.5 cm³/mol. The lowest BCUT2D eigenvalue weighted by Crippen LogP contribution is -1.99. The van der Waals surface area contributed by atoms with Crippen LogP contribution in [0.2, 0.25) is 0 Å². The van der Waals surface area contributed by atoms with E-state index in [1.54, 1.807) is 24.4 Å². The Bertz CT molecular complexity index is 836. The van der Waals surface area contributed by atoms with Gasteiger partial charge < -0.3 is 4.98 Å². The third-order valence-electron chi connectivity index (χ3n) is 3.05. The zero-order chi connectivity index (χ0) is 13.5. The van der Waals surface area contributed by atoms with Gasteiger partial charge in [-0.1, -0.05) is 30.3 Å². The summed E-state index contributed by atoms with van der Waals surface area (Å²) < 4.78 is 32.1. The second-order valence-corrected chi connectivity index (χ2v) is 5.61. The molecule has 0 aliphatic carbocycles. The van der Waals surface area contributed by atoms with Gasteiger partial charge in [0.05, 0.1) is 0 Å². The van der Waals surface area contributed by atoms with E-state index in [4.69, 9.17) is 0 Å². The molecule has 4 nitrogen and oxygen atoms in total. The van der Waals surface area contributed by atoms with Gasteiger partial charge in [0.25, 0.3) is 10.1 Å². The molecule has 0 unspecified atom stereocenters. The molecule has 0 bridgehead atoms. The first kappa shape index (κ1) is 12.0. The molecule has 0 saturated heterocycles. The highest BCUT2D eigenvalue weighted by molar-refractivity contribution is 7.86. The number of fused-ring (bicyclic) bond motifs is 1. The lowest BCUT2D eigenvalue weighted by Gasteiger charge is -2.08. The Labute approximate surface area is 110 Å². The fourth-order valence-corrected chi connectivity index (χ4v) is 2.93. The number of aromatic amines is 1. The molecule has 96 valence electrons. The molecular weight excluding hydrogens is 262 g/mol. The van der Waals surface area contributed by atoms with Crippen LogP contribution in [0.25, 0.3) is 22.0 Å². The van der Waals surface area contributed by atoms with Gasteiger partial charge in [0, 0.05) is 22.8 Å². The highest BCUT2D eigenvalue weighted by Crippen LogP contribution is 2.31. The Morgan fingerprint density at radius 2 is 1.63 bits per heavy atom. The topological polar surface area (TPSA) is 70.2 Å². The molecule has 0 atom stereocenters. The average Bonchev–Trinajstić information content (AvgIpc) is 2.90. The van der Waals surface area contributed by atoms with Gasteiger partial charge in [-0.2, -0.15) is 8.42 Å². The van der Waals surface area contributed by atoms with E-state index in [0.29, 0.717) is 5.39 Å². The molecule has 0 fully saturated rings. The van der Waals surface area contributed by atoms with E-state index in [1.165, 1.54) is 6.07 Å². The quantitative estimate of drug-likeness (QED) is 0.705. The number of rotatable bonds is 2. The first-order valence-electron chi connectivity index (χ1n) is 5.70. The fraction of sp³-hybridized carbons (Fsp3) is 0. The Hall–Kier alpha value is -2.11. The molecular formula is C14H11NO3S. The Kier molecular flexibility index (Phi) is 2.66. The minimum Gasteiger partial charge on any atom is -0.361 e. The molecule has 0 aliphatic rings. The first-order valence-corrected chi connectivity index (χ1v) is 7.14. The molecule has 0 saturated carbocycles. The number of benzene rings is 2. The number of hydrogen-bond donors (Lipinski definition) is 2. The SMILES string of the molecule is O=S(=O)(O)c1ccc(-c2ccc[nH]2)c2ccccc12. The monoisotopic (exact) mass is 273 g/mol. The Balaban J connectivity index is 2.41. The molecule has 1 aromatic heterocycles. The van der Waals surface area contributed by atoms with Crippen LogP contribution in [-0.2, 0) is 10.1 Å². The fourth-order valence-electron chi connectivity index (χ4n) is 2.23. The average molecular weight is 273 g/mol. The summed E-state index contributed by atoms with van der Waals surface area (Å²) in [4.78, 5) is 3.02. The zero-order valence-electron chi connectivity index (χ0n) is 9.87. The predicted octanol–water partition coefficient (Wildman–Crippen LogP) is 3.08. The summed E-state index contributed by atoms with van der Waals surface area (Å²) in [5, 5.41) is 1.29. The van der Waals surface area contributed by atoms with Crippen molar-refractivity contribution in [3.05, 3.63) is 54.7 Å². The summed E-state index contributed by atoms with van der Waals surface area (Å²) in [7, 11) is -4.23. The summed E-state index contributed by atoms with van der Waals surface area (Å²) in [5.74, 6) is 0. The molecule has 0 spiro atoms. The van der Waals surface area contributed by atoms with Crippen molar-refractivity contribution in [2.45, 2.75) is 4.90 Å². The summed E-state index contributed by atoms with van der Waals surface area (Å²) in [5.41, 5.74) is 1.80. The highest BCUT2D eigenvalue weighted by atomic mass is 32.2. The maximum atomic E-state index is 11.4. The summed E-state index contributed by atoms with van der Waals surface area (Å²) in [6.07, 6.45) is 1.81. The second kappa shape index (κ2) is 4.22. The first-order chi connectivity index (χ1) is 9.07. The molecule has 0 radical (unpaired) electrons. The molecule has 19 heavy (non-hydrogen) atoms. The van der Waals surface area contributed by atoms with Crippen LogP contribution >= 0.6 is 0 Å². The smallest absolute Gasteiger partial charge is 0.295 e. The van der Waals surface area contributed by atoms with Crippen LogP contribution in [0.5, 0.6) is 0 Å². The van der Waals surface area contributed by atoms with Crippen molar-refractivity contribution in [3.63, 3.8) is 0 Å². The summed E-state index contributed by atoms with van der Waals surface area (Å²) in [6.45, 7) is 0. The zero-order valence-corrected chi connectivity index (χ0v) is 10.7. The lowest BCUT2D eigenvalue weighted by molar-refractivity contribution is 0.484. The minimum atomic E-state index is -4.23. The molecule has 2 N–H and O–H groups in total. The number of hydrogen-bond acceptors (Lipinski definition) is 2. The van der Waals surface area contributed by atoms with Crippen molar-refractivity contribution in [1.82, 2.24) is 4.98 Å². The molecule has 1 heterocycles. The van der Waals surface area contributed by atoms with Crippen LogP contribution in [0.15, 0.2) is 59.6 Å². The van der Waals surface area contributed by atoms with Crippen molar-refractivity contribution in [1.29, 1.82) is 0 Å². The van der Waals surface area contributed by atoms with Crippen molar-refractivity contribution in [2.24, 2.45) is 0 Å². The van der Waals surface area contributed by atoms with Gasteiger partial charge >= 0.3 is 0 Å². The Morgan fingerprint density at radius 1 is 0.895 bits per heavy atom. The van der Waals surface area contributed by atoms with Gasteiger partial charge in [0.2, 0.25) is 0 Å². The maximum absolute atomic E-state index is 11.4. The summed E-state index contributed by atoms with van der Waals surface area (Å²) >= 11 is 0. The van der Waals surface area contributed by atoms with E-state index in [2.05, 4.69) is 4.98 Å². The van der Waals surface area contributed by atoms with Gasteiger partial charge in [0.15, 0.2) is 0 Å². The van der Waals surface area contributed by atoms with E-state index in [9.17, 15) is 13.0 Å². The van der Waals surface area contributed by atoms with Gasteiger partial charge in [-0.05, 0) is 23.6 Å². The van der Waals surface area contributed by atoms with E-state index in [-0.39, 0.29) is 4.90 Å². The Morgan fingerprint density at radius 3 is 2.26 bits per heavy atom. The van der Waals surface area contributed by atoms with Gasteiger partial charge in [-0.15, -0.1) is 0 Å². The standard InChI is InChI=1S/C14H11NO3S/c16-19(17,18)14-8-7-11(13-6-3-9-15-13)10-4-1-2-5-12(10)14/h1-9,15H,(H,16,17,18). The van der Waals surface area contributed by atoms with Crippen molar-refractivity contribution < 1.29 is 13.0 Å². The normalized spacial score (nSPS) is 11.8. The van der Waals surface area contributed by atoms with Crippen molar-refractivity contribution in [2.75, 3.05) is 0 Å². The third-order valence-corrected chi connectivity index (χ3v) is 3.96. The van der Waals surface area contributed by atoms with Crippen LogP contribution in [0.3, 0.4) is 0 Å². The van der Waals surface area contributed by atoms with Crippen LogP contribution in [0, 0.1) is 0 Å². The van der Waals surface area contributed by atoms with Crippen molar-refractivity contribution in [3.8, 4) is 11.3 Å². The number of nitrogens with one attached hydrogen (secondary N) is 1. The van der Waals surface area contributed by atoms with Crippen molar-refractivity contribution >= 4 is 20.9 Å². The largest absolute Gasteiger partial charge is 0.361 e. The van der Waals surface area contributed by atoms with E-state index in [1.807, 2.05) is 24.3 Å². The van der Waals surface area contributed by atoms with E-state index >= 15 is 0 Å².